The van der Waals surface area contributed by atoms with Crippen molar-refractivity contribution in [3.05, 3.63) is 103 Å². The molecule has 0 amide bonds. The standard InChI is InChI=1S/C26H21N5O2S/c32-34(33,19-14-13-17-7-1-2-8-18(17)15-19)31-24(26-29-22-11-5-6-12-23(22)30-26)16-25-27-20-9-3-4-10-21(20)28-25/h1-15,24,31H,16H2,(H,27,28)(H,29,30). The van der Waals surface area contributed by atoms with Crippen LogP contribution in [0.1, 0.15) is 17.7 Å². The number of aromatic nitrogens is 4. The van der Waals surface area contributed by atoms with Gasteiger partial charge in [-0.3, -0.25) is 0 Å². The molecule has 0 fully saturated rings. The predicted octanol–water partition coefficient (Wildman–Crippen LogP) is 4.85. The van der Waals surface area contributed by atoms with Crippen molar-refractivity contribution >= 4 is 42.9 Å². The van der Waals surface area contributed by atoms with E-state index in [1.165, 1.54) is 0 Å². The molecule has 0 radical (unpaired) electrons. The van der Waals surface area contributed by atoms with Crippen LogP contribution in [0.3, 0.4) is 0 Å². The van der Waals surface area contributed by atoms with Crippen LogP contribution >= 0.6 is 0 Å². The number of fused-ring (bicyclic) bond motifs is 3. The zero-order valence-corrected chi connectivity index (χ0v) is 18.9. The number of sulfonamides is 1. The molecule has 0 aliphatic carbocycles. The van der Waals surface area contributed by atoms with Gasteiger partial charge in [-0.05, 0) is 47.2 Å². The normalized spacial score (nSPS) is 13.1. The van der Waals surface area contributed by atoms with E-state index in [0.717, 1.165) is 32.8 Å². The number of para-hydroxylation sites is 4. The molecule has 4 aromatic carbocycles. The third-order valence-corrected chi connectivity index (χ3v) is 7.37. The number of hydrogen-bond acceptors (Lipinski definition) is 4. The Morgan fingerprint density at radius 3 is 2.12 bits per heavy atom. The maximum Gasteiger partial charge on any atom is 0.241 e. The maximum absolute atomic E-state index is 13.5. The molecule has 1 unspecified atom stereocenters. The molecule has 0 saturated carbocycles. The summed E-state index contributed by atoms with van der Waals surface area (Å²) in [6.45, 7) is 0. The summed E-state index contributed by atoms with van der Waals surface area (Å²) in [5.41, 5.74) is 3.35. The smallest absolute Gasteiger partial charge is 0.241 e. The summed E-state index contributed by atoms with van der Waals surface area (Å²) in [6.07, 6.45) is 0.307. The Morgan fingerprint density at radius 1 is 0.735 bits per heavy atom. The molecule has 7 nitrogen and oxygen atoms in total. The molecule has 0 bridgehead atoms. The zero-order chi connectivity index (χ0) is 23.1. The number of imidazole rings is 2. The van der Waals surface area contributed by atoms with Crippen molar-refractivity contribution in [2.45, 2.75) is 17.4 Å². The molecule has 2 heterocycles. The fourth-order valence-electron chi connectivity index (χ4n) is 4.22. The van der Waals surface area contributed by atoms with Crippen LogP contribution in [-0.2, 0) is 16.4 Å². The Labute approximate surface area is 195 Å². The van der Waals surface area contributed by atoms with Crippen LogP contribution in [0.2, 0.25) is 0 Å². The van der Waals surface area contributed by atoms with E-state index in [1.807, 2.05) is 78.9 Å². The molecular weight excluding hydrogens is 446 g/mol. The summed E-state index contributed by atoms with van der Waals surface area (Å²) in [5.74, 6) is 1.21. The molecule has 0 aliphatic rings. The molecule has 2 aromatic heterocycles. The highest BCUT2D eigenvalue weighted by atomic mass is 32.2. The monoisotopic (exact) mass is 467 g/mol. The quantitative estimate of drug-likeness (QED) is 0.326. The van der Waals surface area contributed by atoms with Crippen molar-refractivity contribution < 1.29 is 8.42 Å². The van der Waals surface area contributed by atoms with Gasteiger partial charge in [-0.1, -0.05) is 54.6 Å². The van der Waals surface area contributed by atoms with Gasteiger partial charge >= 0.3 is 0 Å². The topological polar surface area (TPSA) is 104 Å². The van der Waals surface area contributed by atoms with Crippen LogP contribution in [0, 0.1) is 0 Å². The summed E-state index contributed by atoms with van der Waals surface area (Å²) < 4.78 is 29.8. The predicted molar refractivity (Wildman–Crippen MR) is 133 cm³/mol. The lowest BCUT2D eigenvalue weighted by molar-refractivity contribution is 0.541. The van der Waals surface area contributed by atoms with E-state index in [2.05, 4.69) is 24.7 Å². The van der Waals surface area contributed by atoms with E-state index in [0.29, 0.717) is 18.1 Å². The lowest BCUT2D eigenvalue weighted by atomic mass is 10.1. The molecule has 34 heavy (non-hydrogen) atoms. The molecule has 0 saturated heterocycles. The van der Waals surface area contributed by atoms with Crippen LogP contribution in [0.15, 0.2) is 95.9 Å². The lowest BCUT2D eigenvalue weighted by Crippen LogP contribution is -2.31. The van der Waals surface area contributed by atoms with Gasteiger partial charge in [0, 0.05) is 6.42 Å². The van der Waals surface area contributed by atoms with Crippen molar-refractivity contribution in [1.29, 1.82) is 0 Å². The van der Waals surface area contributed by atoms with Crippen molar-refractivity contribution in [2.75, 3.05) is 0 Å². The van der Waals surface area contributed by atoms with Gasteiger partial charge in [0.1, 0.15) is 11.6 Å². The van der Waals surface area contributed by atoms with Gasteiger partial charge in [0.05, 0.1) is 33.0 Å². The third-order valence-electron chi connectivity index (χ3n) is 5.90. The van der Waals surface area contributed by atoms with Gasteiger partial charge in [-0.25, -0.2) is 23.1 Å². The number of H-pyrrole nitrogens is 2. The van der Waals surface area contributed by atoms with Gasteiger partial charge in [-0.15, -0.1) is 0 Å². The van der Waals surface area contributed by atoms with Crippen LogP contribution in [0.4, 0.5) is 0 Å². The van der Waals surface area contributed by atoms with Crippen molar-refractivity contribution in [2.24, 2.45) is 0 Å². The summed E-state index contributed by atoms with van der Waals surface area (Å²) in [4.78, 5) is 16.1. The highest BCUT2D eigenvalue weighted by Crippen LogP contribution is 2.24. The van der Waals surface area contributed by atoms with E-state index < -0.39 is 16.1 Å². The molecule has 0 spiro atoms. The Bertz CT molecular complexity index is 1690. The van der Waals surface area contributed by atoms with E-state index in [1.54, 1.807) is 12.1 Å². The minimum atomic E-state index is -3.84. The largest absolute Gasteiger partial charge is 0.342 e. The average molecular weight is 468 g/mol. The van der Waals surface area contributed by atoms with Gasteiger partial charge in [0.25, 0.3) is 0 Å². The van der Waals surface area contributed by atoms with Crippen molar-refractivity contribution in [3.8, 4) is 0 Å². The Balaban J connectivity index is 1.40. The second-order valence-electron chi connectivity index (χ2n) is 8.23. The number of aromatic amines is 2. The second kappa shape index (κ2) is 8.09. The number of nitrogens with one attached hydrogen (secondary N) is 3. The maximum atomic E-state index is 13.5. The average Bonchev–Trinajstić information content (AvgIpc) is 3.47. The first-order valence-electron chi connectivity index (χ1n) is 10.9. The fraction of sp³-hybridized carbons (Fsp3) is 0.0769. The Morgan fingerprint density at radius 2 is 1.38 bits per heavy atom. The molecule has 1 atom stereocenters. The Hall–Kier alpha value is -4.01. The molecule has 6 aromatic rings. The second-order valence-corrected chi connectivity index (χ2v) is 9.94. The molecule has 3 N–H and O–H groups in total. The summed E-state index contributed by atoms with van der Waals surface area (Å²) in [6, 6.07) is 27.5. The van der Waals surface area contributed by atoms with Crippen LogP contribution in [-0.4, -0.2) is 28.4 Å². The Kier molecular flexibility index (Phi) is 4.90. The summed E-state index contributed by atoms with van der Waals surface area (Å²) >= 11 is 0. The first-order valence-corrected chi connectivity index (χ1v) is 12.4. The lowest BCUT2D eigenvalue weighted by Gasteiger charge is -2.16. The molecule has 8 heteroatoms. The first-order chi connectivity index (χ1) is 16.5. The van der Waals surface area contributed by atoms with E-state index in [9.17, 15) is 8.42 Å². The van der Waals surface area contributed by atoms with Gasteiger partial charge < -0.3 is 9.97 Å². The fourth-order valence-corrected chi connectivity index (χ4v) is 5.45. The van der Waals surface area contributed by atoms with Crippen LogP contribution < -0.4 is 4.72 Å². The van der Waals surface area contributed by atoms with E-state index >= 15 is 0 Å². The van der Waals surface area contributed by atoms with Crippen LogP contribution in [0.25, 0.3) is 32.8 Å². The summed E-state index contributed by atoms with van der Waals surface area (Å²) in [5, 5.41) is 1.85. The van der Waals surface area contributed by atoms with E-state index in [-0.39, 0.29) is 4.90 Å². The number of rotatable bonds is 6. The van der Waals surface area contributed by atoms with Crippen LogP contribution in [0.5, 0.6) is 0 Å². The molecule has 0 aliphatic heterocycles. The van der Waals surface area contributed by atoms with Gasteiger partial charge in [0.15, 0.2) is 0 Å². The molecule has 168 valence electrons. The van der Waals surface area contributed by atoms with Gasteiger partial charge in [-0.2, -0.15) is 0 Å². The van der Waals surface area contributed by atoms with E-state index in [4.69, 9.17) is 0 Å². The number of nitrogens with zero attached hydrogens (tertiary/aromatic N) is 2. The minimum Gasteiger partial charge on any atom is -0.342 e. The zero-order valence-electron chi connectivity index (χ0n) is 18.1. The SMILES string of the molecule is O=S(=O)(NC(Cc1nc2ccccc2[nH]1)c1nc2ccccc2[nH]1)c1ccc2ccccc2c1. The molecule has 6 rings (SSSR count). The number of benzene rings is 4. The molecular formula is C26H21N5O2S. The minimum absolute atomic E-state index is 0.205. The highest BCUT2D eigenvalue weighted by molar-refractivity contribution is 7.89. The highest BCUT2D eigenvalue weighted by Gasteiger charge is 2.25. The van der Waals surface area contributed by atoms with Crippen molar-refractivity contribution in [1.82, 2.24) is 24.7 Å². The summed E-state index contributed by atoms with van der Waals surface area (Å²) in [7, 11) is -3.84. The first kappa shape index (κ1) is 20.6. The third kappa shape index (κ3) is 3.83. The van der Waals surface area contributed by atoms with Gasteiger partial charge in [0.2, 0.25) is 10.0 Å². The van der Waals surface area contributed by atoms with Crippen molar-refractivity contribution in [3.63, 3.8) is 0 Å². The number of hydrogen-bond donors (Lipinski definition) is 3.